The Morgan fingerprint density at radius 2 is 2.50 bits per heavy atom. The highest BCUT2D eigenvalue weighted by Crippen LogP contribution is 2.39. The van der Waals surface area contributed by atoms with E-state index in [0.29, 0.717) is 5.06 Å². The van der Waals surface area contributed by atoms with Gasteiger partial charge < -0.3 is 9.42 Å². The van der Waals surface area contributed by atoms with Crippen LogP contribution < -0.4 is 4.52 Å². The van der Waals surface area contributed by atoms with Gasteiger partial charge in [0.1, 0.15) is 0 Å². The average Bonchev–Trinajstić information content (AvgIpc) is 2.12. The molecule has 1 unspecified atom stereocenters. The van der Waals surface area contributed by atoms with E-state index in [-0.39, 0.29) is 0 Å². The first-order valence-corrected chi connectivity index (χ1v) is 5.52. The smallest absolute Gasteiger partial charge is 0.374 e. The molecule has 1 N–H and O–H groups in total. The molecule has 0 amide bonds. The first kappa shape index (κ1) is 7.79. The average molecular weight is 178 g/mol. The van der Waals surface area contributed by atoms with E-state index in [0.717, 1.165) is 6.66 Å². The largest absolute Gasteiger partial charge is 0.414 e. The summed E-state index contributed by atoms with van der Waals surface area (Å²) in [6.07, 6.45) is 0. The molecule has 0 aliphatic heterocycles. The van der Waals surface area contributed by atoms with Crippen LogP contribution in [0.3, 0.4) is 0 Å². The molecule has 56 valence electrons. The molecule has 1 aromatic heterocycles. The highest BCUT2D eigenvalue weighted by molar-refractivity contribution is 7.52. The molecule has 5 heteroatoms. The Morgan fingerprint density at radius 1 is 1.80 bits per heavy atom. The topological polar surface area (TPSA) is 46.5 Å². The molecule has 1 rings (SSSR count). The van der Waals surface area contributed by atoms with Gasteiger partial charge >= 0.3 is 7.60 Å². The zero-order valence-electron chi connectivity index (χ0n) is 5.35. The van der Waals surface area contributed by atoms with Crippen LogP contribution in [0, 0.1) is 0 Å². The third-order valence-corrected chi connectivity index (χ3v) is 2.16. The van der Waals surface area contributed by atoms with Gasteiger partial charge in [0.2, 0.25) is 0 Å². The molecule has 0 bridgehead atoms. The highest BCUT2D eigenvalue weighted by atomic mass is 32.1. The van der Waals surface area contributed by atoms with Crippen LogP contribution in [0.1, 0.15) is 0 Å². The summed E-state index contributed by atoms with van der Waals surface area (Å²) < 4.78 is 15.3. The second-order valence-corrected chi connectivity index (χ2v) is 4.53. The third-order valence-electron chi connectivity index (χ3n) is 0.754. The molecule has 0 fully saturated rings. The summed E-state index contributed by atoms with van der Waals surface area (Å²) in [6.45, 7) is 1.16. The lowest BCUT2D eigenvalue weighted by atomic mass is 10.7. The lowest BCUT2D eigenvalue weighted by Crippen LogP contribution is -1.85. The zero-order chi connectivity index (χ0) is 7.61. The van der Waals surface area contributed by atoms with Gasteiger partial charge in [-0.3, -0.25) is 0 Å². The van der Waals surface area contributed by atoms with Crippen LogP contribution in [-0.4, -0.2) is 11.6 Å². The van der Waals surface area contributed by atoms with Crippen LogP contribution in [0.15, 0.2) is 17.5 Å². The highest BCUT2D eigenvalue weighted by Gasteiger charge is 2.11. The monoisotopic (exact) mass is 178 g/mol. The number of hydrogen-bond acceptors (Lipinski definition) is 3. The van der Waals surface area contributed by atoms with Crippen molar-refractivity contribution < 1.29 is 14.0 Å². The lowest BCUT2D eigenvalue weighted by Gasteiger charge is -2.03. The number of thiophene rings is 1. The van der Waals surface area contributed by atoms with E-state index >= 15 is 0 Å². The first-order chi connectivity index (χ1) is 4.58. The van der Waals surface area contributed by atoms with Crippen LogP contribution in [0.2, 0.25) is 0 Å². The fourth-order valence-electron chi connectivity index (χ4n) is 0.482. The van der Waals surface area contributed by atoms with Gasteiger partial charge in [-0.15, -0.1) is 11.3 Å². The first-order valence-electron chi connectivity index (χ1n) is 2.61. The quantitative estimate of drug-likeness (QED) is 0.704. The minimum absolute atomic E-state index is 0.480. The van der Waals surface area contributed by atoms with Gasteiger partial charge in [-0.2, -0.15) is 0 Å². The molecule has 3 nitrogen and oxygen atoms in total. The Kier molecular flexibility index (Phi) is 2.14. The van der Waals surface area contributed by atoms with E-state index in [1.54, 1.807) is 17.5 Å². The maximum atomic E-state index is 10.6. The molecule has 0 aromatic carbocycles. The van der Waals surface area contributed by atoms with Gasteiger partial charge in [0.15, 0.2) is 5.06 Å². The molecular formula is C5H7O3PS. The summed E-state index contributed by atoms with van der Waals surface area (Å²) >= 11 is 1.30. The van der Waals surface area contributed by atoms with Gasteiger partial charge in [-0.25, -0.2) is 4.57 Å². The van der Waals surface area contributed by atoms with Crippen LogP contribution in [0.25, 0.3) is 0 Å². The second kappa shape index (κ2) is 2.74. The van der Waals surface area contributed by atoms with Crippen LogP contribution in [0.5, 0.6) is 5.06 Å². The Labute approximate surface area is 62.8 Å². The summed E-state index contributed by atoms with van der Waals surface area (Å²) in [5.41, 5.74) is 0. The molecule has 0 aliphatic rings. The van der Waals surface area contributed by atoms with Crippen molar-refractivity contribution in [3.05, 3.63) is 17.5 Å². The van der Waals surface area contributed by atoms with E-state index < -0.39 is 7.60 Å². The maximum Gasteiger partial charge on any atom is 0.374 e. The van der Waals surface area contributed by atoms with Crippen molar-refractivity contribution in [2.24, 2.45) is 0 Å². The predicted octanol–water partition coefficient (Wildman–Crippen LogP) is 1.94. The number of rotatable bonds is 2. The normalized spacial score (nSPS) is 16.2. The predicted molar refractivity (Wildman–Crippen MR) is 40.7 cm³/mol. The van der Waals surface area contributed by atoms with Crippen molar-refractivity contribution >= 4 is 18.9 Å². The van der Waals surface area contributed by atoms with Crippen molar-refractivity contribution in [1.29, 1.82) is 0 Å². The van der Waals surface area contributed by atoms with Crippen LogP contribution in [-0.2, 0) is 4.57 Å². The summed E-state index contributed by atoms with van der Waals surface area (Å²) in [5, 5.41) is 2.26. The van der Waals surface area contributed by atoms with Gasteiger partial charge in [-0.1, -0.05) is 0 Å². The van der Waals surface area contributed by atoms with Gasteiger partial charge in [0.05, 0.1) is 0 Å². The van der Waals surface area contributed by atoms with E-state index in [9.17, 15) is 4.57 Å². The second-order valence-electron chi connectivity index (χ2n) is 1.83. The van der Waals surface area contributed by atoms with Crippen molar-refractivity contribution in [2.75, 3.05) is 6.66 Å². The summed E-state index contributed by atoms with van der Waals surface area (Å²) in [6, 6.07) is 3.41. The van der Waals surface area contributed by atoms with E-state index in [1.807, 2.05) is 0 Å². The van der Waals surface area contributed by atoms with Gasteiger partial charge in [0.25, 0.3) is 0 Å². The molecule has 1 aromatic rings. The van der Waals surface area contributed by atoms with Crippen LogP contribution in [0.4, 0.5) is 0 Å². The van der Waals surface area contributed by atoms with E-state index in [1.165, 1.54) is 11.3 Å². The molecule has 1 atom stereocenters. The minimum atomic E-state index is -3.34. The molecule has 1 heterocycles. The van der Waals surface area contributed by atoms with Gasteiger partial charge in [-0.05, 0) is 17.5 Å². The molecule has 0 aliphatic carbocycles. The Morgan fingerprint density at radius 3 is 2.90 bits per heavy atom. The van der Waals surface area contributed by atoms with Crippen molar-refractivity contribution in [2.45, 2.75) is 0 Å². The Hall–Kier alpha value is -0.310. The molecule has 0 saturated heterocycles. The Bertz CT molecular complexity index is 237. The summed E-state index contributed by atoms with van der Waals surface area (Å²) in [4.78, 5) is 8.73. The van der Waals surface area contributed by atoms with Gasteiger partial charge in [0, 0.05) is 6.66 Å². The summed E-state index contributed by atoms with van der Waals surface area (Å²) in [7, 11) is -3.34. The number of hydrogen-bond donors (Lipinski definition) is 1. The molecular weight excluding hydrogens is 171 g/mol. The maximum absolute atomic E-state index is 10.6. The standard InChI is InChI=1S/C5H7O3PS/c1-9(6,7)8-5-3-2-4-10-5/h2-4H,1H3,(H,6,7). The summed E-state index contributed by atoms with van der Waals surface area (Å²) in [5.74, 6) is 0. The fraction of sp³-hybridized carbons (Fsp3) is 0.200. The molecule has 0 spiro atoms. The minimum Gasteiger partial charge on any atom is -0.414 e. The lowest BCUT2D eigenvalue weighted by molar-refractivity contribution is 0.391. The fourth-order valence-corrected chi connectivity index (χ4v) is 1.91. The Balaban J connectivity index is 2.66. The third kappa shape index (κ3) is 2.52. The zero-order valence-corrected chi connectivity index (χ0v) is 7.06. The van der Waals surface area contributed by atoms with E-state index in [2.05, 4.69) is 4.52 Å². The molecule has 0 radical (unpaired) electrons. The van der Waals surface area contributed by atoms with Crippen molar-refractivity contribution in [1.82, 2.24) is 0 Å². The van der Waals surface area contributed by atoms with Crippen molar-refractivity contribution in [3.63, 3.8) is 0 Å². The SMILES string of the molecule is CP(=O)(O)Oc1cccs1. The van der Waals surface area contributed by atoms with E-state index in [4.69, 9.17) is 4.89 Å². The van der Waals surface area contributed by atoms with Crippen molar-refractivity contribution in [3.8, 4) is 5.06 Å². The molecule has 0 saturated carbocycles. The molecule has 10 heavy (non-hydrogen) atoms. The van der Waals surface area contributed by atoms with Crippen LogP contribution >= 0.6 is 18.9 Å².